The highest BCUT2D eigenvalue weighted by Crippen LogP contribution is 2.34. The van der Waals surface area contributed by atoms with Crippen LogP contribution in [-0.4, -0.2) is 24.2 Å². The van der Waals surface area contributed by atoms with Crippen molar-refractivity contribution in [3.63, 3.8) is 0 Å². The van der Waals surface area contributed by atoms with E-state index in [2.05, 4.69) is 17.1 Å². The first-order valence-corrected chi connectivity index (χ1v) is 10.6. The average molecular weight is 477 g/mol. The second-order valence-corrected chi connectivity index (χ2v) is 7.51. The predicted octanol–water partition coefficient (Wildman–Crippen LogP) is 4.74. The molecule has 0 fully saturated rings. The van der Waals surface area contributed by atoms with Crippen molar-refractivity contribution in [3.05, 3.63) is 112 Å². The van der Waals surface area contributed by atoms with Gasteiger partial charge in [-0.05, 0) is 59.5 Å². The Morgan fingerprint density at radius 2 is 1.83 bits per heavy atom. The molecule has 35 heavy (non-hydrogen) atoms. The lowest BCUT2D eigenvalue weighted by molar-refractivity contribution is -0.384. The maximum Gasteiger partial charge on any atom is 0.269 e. The zero-order valence-corrected chi connectivity index (χ0v) is 19.1. The van der Waals surface area contributed by atoms with Crippen LogP contribution < -0.4 is 14.9 Å². The van der Waals surface area contributed by atoms with Gasteiger partial charge in [0.25, 0.3) is 5.69 Å². The van der Waals surface area contributed by atoms with Crippen LogP contribution in [0.3, 0.4) is 0 Å². The zero-order chi connectivity index (χ0) is 25.2. The number of nitrogens with zero attached hydrogens (tertiary/aromatic N) is 2. The van der Waals surface area contributed by atoms with Crippen molar-refractivity contribution < 1.29 is 23.6 Å². The minimum absolute atomic E-state index is 0.00655. The van der Waals surface area contributed by atoms with Gasteiger partial charge < -0.3 is 9.47 Å². The molecule has 1 amide bonds. The Bertz CT molecular complexity index is 1220. The van der Waals surface area contributed by atoms with Crippen LogP contribution in [0.1, 0.15) is 22.3 Å². The van der Waals surface area contributed by atoms with Gasteiger partial charge >= 0.3 is 0 Å². The van der Waals surface area contributed by atoms with Crippen LogP contribution in [0.4, 0.5) is 10.1 Å². The third kappa shape index (κ3) is 7.23. The maximum absolute atomic E-state index is 13.0. The van der Waals surface area contributed by atoms with E-state index >= 15 is 0 Å². The van der Waals surface area contributed by atoms with Gasteiger partial charge in [0.1, 0.15) is 12.4 Å². The Kier molecular flexibility index (Phi) is 8.66. The van der Waals surface area contributed by atoms with Crippen molar-refractivity contribution in [1.82, 2.24) is 5.43 Å². The number of methoxy groups -OCH3 is 1. The molecule has 180 valence electrons. The summed E-state index contributed by atoms with van der Waals surface area (Å²) in [6.07, 6.45) is 3.76. The Morgan fingerprint density at radius 1 is 1.14 bits per heavy atom. The lowest BCUT2D eigenvalue weighted by Gasteiger charge is -2.16. The summed E-state index contributed by atoms with van der Waals surface area (Å²) in [5.41, 5.74) is 5.35. The fourth-order valence-electron chi connectivity index (χ4n) is 3.26. The van der Waals surface area contributed by atoms with Gasteiger partial charge in [-0.25, -0.2) is 9.82 Å². The van der Waals surface area contributed by atoms with E-state index in [0.29, 0.717) is 29.0 Å². The van der Waals surface area contributed by atoms with Crippen molar-refractivity contribution in [2.45, 2.75) is 19.4 Å². The average Bonchev–Trinajstić information content (AvgIpc) is 2.85. The summed E-state index contributed by atoms with van der Waals surface area (Å²) in [7, 11) is 1.51. The summed E-state index contributed by atoms with van der Waals surface area (Å²) in [5.74, 6) is 0.277. The molecule has 3 rings (SSSR count). The number of carbonyl (C=O) groups excluding carboxylic acids is 1. The number of hydrazone groups is 1. The number of benzene rings is 3. The van der Waals surface area contributed by atoms with Crippen molar-refractivity contribution in [1.29, 1.82) is 0 Å². The van der Waals surface area contributed by atoms with Gasteiger partial charge in [-0.1, -0.05) is 18.2 Å². The standard InChI is InChI=1S/C26H24FN3O5/c1-3-4-21-13-20(16-28-29-25(31)15-18-5-9-22(27)10-6-18)14-24(34-2)26(21)35-17-19-7-11-23(12-8-19)30(32)33/h3,5-14,16H,1,4,15,17H2,2H3,(H,29,31)/b28-16+. The molecular formula is C26H24FN3O5. The molecule has 0 saturated carbocycles. The van der Waals surface area contributed by atoms with Crippen LogP contribution in [0.5, 0.6) is 11.5 Å². The molecule has 0 aromatic heterocycles. The van der Waals surface area contributed by atoms with Crippen molar-refractivity contribution in [2.24, 2.45) is 5.10 Å². The highest BCUT2D eigenvalue weighted by molar-refractivity contribution is 5.84. The summed E-state index contributed by atoms with van der Waals surface area (Å²) in [6, 6.07) is 15.3. The quantitative estimate of drug-likeness (QED) is 0.186. The van der Waals surface area contributed by atoms with E-state index in [1.807, 2.05) is 6.07 Å². The van der Waals surface area contributed by atoms with Gasteiger partial charge in [0.2, 0.25) is 5.91 Å². The normalized spacial score (nSPS) is 10.7. The molecule has 0 aliphatic heterocycles. The van der Waals surface area contributed by atoms with Crippen molar-refractivity contribution in [2.75, 3.05) is 7.11 Å². The Hall–Kier alpha value is -4.53. The number of halogens is 1. The Morgan fingerprint density at radius 3 is 2.46 bits per heavy atom. The van der Waals surface area contributed by atoms with E-state index in [1.54, 1.807) is 36.4 Å². The number of rotatable bonds is 11. The summed E-state index contributed by atoms with van der Waals surface area (Å²) in [4.78, 5) is 22.5. The second-order valence-electron chi connectivity index (χ2n) is 7.51. The van der Waals surface area contributed by atoms with E-state index in [-0.39, 0.29) is 30.4 Å². The summed E-state index contributed by atoms with van der Waals surface area (Å²) in [5, 5.41) is 14.8. The fraction of sp³-hybridized carbons (Fsp3) is 0.154. The highest BCUT2D eigenvalue weighted by Gasteiger charge is 2.13. The summed E-state index contributed by atoms with van der Waals surface area (Å²) >= 11 is 0. The third-order valence-electron chi connectivity index (χ3n) is 4.95. The van der Waals surface area contributed by atoms with Gasteiger partial charge in [0.05, 0.1) is 24.7 Å². The number of nitro groups is 1. The van der Waals surface area contributed by atoms with Crippen LogP contribution in [0.25, 0.3) is 0 Å². The van der Waals surface area contributed by atoms with E-state index in [9.17, 15) is 19.3 Å². The first-order valence-electron chi connectivity index (χ1n) is 10.6. The van der Waals surface area contributed by atoms with E-state index in [4.69, 9.17) is 9.47 Å². The van der Waals surface area contributed by atoms with Gasteiger partial charge in [0, 0.05) is 17.7 Å². The Labute approximate surface area is 201 Å². The molecule has 0 unspecified atom stereocenters. The number of amides is 1. The number of nitro benzene ring substituents is 1. The number of non-ortho nitro benzene ring substituents is 1. The number of hydrogen-bond acceptors (Lipinski definition) is 6. The van der Waals surface area contributed by atoms with Crippen LogP contribution in [0, 0.1) is 15.9 Å². The molecule has 9 heteroatoms. The molecule has 1 N–H and O–H groups in total. The number of nitrogens with one attached hydrogen (secondary N) is 1. The first kappa shape index (κ1) is 25.1. The molecule has 0 bridgehead atoms. The smallest absolute Gasteiger partial charge is 0.269 e. The Balaban J connectivity index is 1.70. The summed E-state index contributed by atoms with van der Waals surface area (Å²) in [6.45, 7) is 3.97. The fourth-order valence-corrected chi connectivity index (χ4v) is 3.26. The third-order valence-corrected chi connectivity index (χ3v) is 4.95. The van der Waals surface area contributed by atoms with Gasteiger partial charge in [-0.3, -0.25) is 14.9 Å². The molecule has 8 nitrogen and oxygen atoms in total. The second kappa shape index (κ2) is 12.1. The van der Waals surface area contributed by atoms with Crippen LogP contribution in [-0.2, 0) is 24.2 Å². The number of allylic oxidation sites excluding steroid dienone is 1. The van der Waals surface area contributed by atoms with Gasteiger partial charge in [0.15, 0.2) is 11.5 Å². The van der Waals surface area contributed by atoms with Crippen molar-refractivity contribution >= 4 is 17.8 Å². The minimum atomic E-state index is -0.457. The van der Waals surface area contributed by atoms with Crippen LogP contribution in [0.15, 0.2) is 78.4 Å². The number of carbonyl (C=O) groups is 1. The zero-order valence-electron chi connectivity index (χ0n) is 19.1. The molecular weight excluding hydrogens is 453 g/mol. The maximum atomic E-state index is 13.0. The molecule has 0 atom stereocenters. The molecule has 3 aromatic carbocycles. The highest BCUT2D eigenvalue weighted by atomic mass is 19.1. The first-order chi connectivity index (χ1) is 16.9. The van der Waals surface area contributed by atoms with Crippen molar-refractivity contribution in [3.8, 4) is 11.5 Å². The van der Waals surface area contributed by atoms with Crippen LogP contribution >= 0.6 is 0 Å². The molecule has 0 saturated heterocycles. The monoisotopic (exact) mass is 477 g/mol. The van der Waals surface area contributed by atoms with E-state index in [0.717, 1.165) is 11.1 Å². The van der Waals surface area contributed by atoms with Gasteiger partial charge in [-0.15, -0.1) is 6.58 Å². The molecule has 0 aliphatic carbocycles. The molecule has 0 spiro atoms. The largest absolute Gasteiger partial charge is 0.493 e. The number of ether oxygens (including phenoxy) is 2. The molecule has 0 aliphatic rings. The molecule has 0 heterocycles. The summed E-state index contributed by atoms with van der Waals surface area (Å²) < 4.78 is 24.5. The lowest BCUT2D eigenvalue weighted by atomic mass is 10.1. The van der Waals surface area contributed by atoms with Crippen LogP contribution in [0.2, 0.25) is 0 Å². The number of hydrogen-bond donors (Lipinski definition) is 1. The topological polar surface area (TPSA) is 103 Å². The molecule has 0 radical (unpaired) electrons. The van der Waals surface area contributed by atoms with Gasteiger partial charge in [-0.2, -0.15) is 5.10 Å². The predicted molar refractivity (Wildman–Crippen MR) is 130 cm³/mol. The van der Waals surface area contributed by atoms with E-state index < -0.39 is 4.92 Å². The SMILES string of the molecule is C=CCc1cc(/C=N/NC(=O)Cc2ccc(F)cc2)cc(OC)c1OCc1ccc([N+](=O)[O-])cc1. The minimum Gasteiger partial charge on any atom is -0.493 e. The lowest BCUT2D eigenvalue weighted by Crippen LogP contribution is -2.19. The molecule has 3 aromatic rings. The van der Waals surface area contributed by atoms with E-state index in [1.165, 1.54) is 37.6 Å².